The fourth-order valence-corrected chi connectivity index (χ4v) is 4.37. The van der Waals surface area contributed by atoms with E-state index in [1.807, 2.05) is 27.7 Å². The molecule has 2 aliphatic rings. The van der Waals surface area contributed by atoms with Gasteiger partial charge in [0.25, 0.3) is 0 Å². The average Bonchev–Trinajstić information content (AvgIpc) is 2.68. The number of carbonyl (C=O) groups excluding carboxylic acids is 3. The highest BCUT2D eigenvalue weighted by Crippen LogP contribution is 2.29. The van der Waals surface area contributed by atoms with Gasteiger partial charge in [-0.15, -0.1) is 0 Å². The maximum atomic E-state index is 13.3. The molecule has 172 valence electrons. The molecular weight excluding hydrogens is 386 g/mol. The molecule has 0 aromatic heterocycles. The second-order valence-corrected chi connectivity index (χ2v) is 9.34. The summed E-state index contributed by atoms with van der Waals surface area (Å²) in [7, 11) is 0. The van der Waals surface area contributed by atoms with Crippen LogP contribution < -0.4 is 0 Å². The number of rotatable bonds is 1. The van der Waals surface area contributed by atoms with Crippen LogP contribution in [0.3, 0.4) is 0 Å². The molecule has 7 nitrogen and oxygen atoms in total. The third-order valence-corrected chi connectivity index (χ3v) is 6.18. The normalized spacial score (nSPS) is 35.3. The molecule has 30 heavy (non-hydrogen) atoms. The fourth-order valence-electron chi connectivity index (χ4n) is 4.37. The van der Waals surface area contributed by atoms with E-state index < -0.39 is 11.7 Å². The third-order valence-electron chi connectivity index (χ3n) is 6.18. The molecule has 0 aromatic rings. The number of morpholine rings is 1. The number of amides is 1. The number of carbonyl (C=O) groups is 3. The Hall–Kier alpha value is -1.63. The van der Waals surface area contributed by atoms with Crippen LogP contribution in [0.2, 0.25) is 0 Å². The molecule has 0 N–H and O–H groups in total. The Kier molecular flexibility index (Phi) is 9.13. The van der Waals surface area contributed by atoms with Crippen molar-refractivity contribution in [2.45, 2.75) is 97.4 Å². The van der Waals surface area contributed by atoms with Crippen LogP contribution in [0.5, 0.6) is 0 Å². The second kappa shape index (κ2) is 11.1. The smallest absolute Gasteiger partial charge is 0.410 e. The molecule has 0 aromatic carbocycles. The minimum Gasteiger partial charge on any atom is -0.465 e. The number of ketones is 1. The summed E-state index contributed by atoms with van der Waals surface area (Å²) < 4.78 is 16.9. The van der Waals surface area contributed by atoms with E-state index in [-0.39, 0.29) is 35.8 Å². The monoisotopic (exact) mass is 425 g/mol. The minimum atomic E-state index is -1.15. The van der Waals surface area contributed by atoms with E-state index in [0.29, 0.717) is 39.0 Å². The average molecular weight is 426 g/mol. The van der Waals surface area contributed by atoms with E-state index in [1.54, 1.807) is 11.8 Å². The lowest BCUT2D eigenvalue weighted by atomic mass is 9.84. The quantitative estimate of drug-likeness (QED) is 0.588. The van der Waals surface area contributed by atoms with Crippen LogP contribution in [0.4, 0.5) is 4.79 Å². The van der Waals surface area contributed by atoms with Gasteiger partial charge in [0.2, 0.25) is 0 Å². The molecule has 0 saturated carbocycles. The third kappa shape index (κ3) is 6.96. The van der Waals surface area contributed by atoms with Gasteiger partial charge in [-0.25, -0.2) is 4.79 Å². The summed E-state index contributed by atoms with van der Waals surface area (Å²) in [6.45, 7) is 10.6. The maximum absolute atomic E-state index is 13.3. The van der Waals surface area contributed by atoms with Crippen LogP contribution in [-0.2, 0) is 23.8 Å². The van der Waals surface area contributed by atoms with Gasteiger partial charge >= 0.3 is 12.1 Å². The first-order chi connectivity index (χ1) is 14.1. The van der Waals surface area contributed by atoms with E-state index in [2.05, 4.69) is 0 Å². The molecule has 0 bridgehead atoms. The van der Waals surface area contributed by atoms with E-state index in [0.717, 1.165) is 25.7 Å². The number of hydrogen-bond acceptors (Lipinski definition) is 6. The molecule has 0 spiro atoms. The first-order valence-corrected chi connectivity index (χ1v) is 11.5. The van der Waals surface area contributed by atoms with Gasteiger partial charge in [0, 0.05) is 5.92 Å². The number of nitrogens with zero attached hydrogens (tertiary/aromatic N) is 1. The van der Waals surface area contributed by atoms with Gasteiger partial charge in [-0.05, 0) is 52.9 Å². The first kappa shape index (κ1) is 24.6. The molecule has 2 heterocycles. The Morgan fingerprint density at radius 1 is 0.967 bits per heavy atom. The van der Waals surface area contributed by atoms with Crippen molar-refractivity contribution in [2.24, 2.45) is 11.8 Å². The fraction of sp³-hybridized carbons (Fsp3) is 0.870. The van der Waals surface area contributed by atoms with Gasteiger partial charge in [0.05, 0.1) is 37.8 Å². The minimum absolute atomic E-state index is 0.0537. The zero-order valence-electron chi connectivity index (χ0n) is 19.3. The molecule has 0 aliphatic carbocycles. The Morgan fingerprint density at radius 3 is 2.27 bits per heavy atom. The van der Waals surface area contributed by atoms with Gasteiger partial charge in [-0.2, -0.15) is 0 Å². The molecule has 2 rings (SSSR count). The van der Waals surface area contributed by atoms with Gasteiger partial charge in [-0.1, -0.05) is 26.7 Å². The van der Waals surface area contributed by atoms with Gasteiger partial charge in [-0.3, -0.25) is 9.59 Å². The molecule has 0 radical (unpaired) electrons. The first-order valence-electron chi connectivity index (χ1n) is 11.5. The lowest BCUT2D eigenvalue weighted by Gasteiger charge is -2.38. The second-order valence-electron chi connectivity index (χ2n) is 9.34. The van der Waals surface area contributed by atoms with Crippen molar-refractivity contribution in [3.05, 3.63) is 0 Å². The highest BCUT2D eigenvalue weighted by Gasteiger charge is 2.41. The molecule has 1 amide bonds. The van der Waals surface area contributed by atoms with Crippen LogP contribution in [0, 0.1) is 11.8 Å². The van der Waals surface area contributed by atoms with E-state index in [4.69, 9.17) is 14.2 Å². The number of ether oxygens (including phenoxy) is 3. The Balaban J connectivity index is 2.08. The number of hydrogen-bond donors (Lipinski definition) is 0. The predicted octanol–water partition coefficient (Wildman–Crippen LogP) is 4.12. The van der Waals surface area contributed by atoms with Crippen LogP contribution in [0.15, 0.2) is 0 Å². The summed E-state index contributed by atoms with van der Waals surface area (Å²) in [4.78, 5) is 39.8. The number of esters is 1. The summed E-state index contributed by atoms with van der Waals surface area (Å²) in [6.07, 6.45) is 4.44. The zero-order chi connectivity index (χ0) is 22.3. The molecule has 2 aliphatic heterocycles. The van der Waals surface area contributed by atoms with Crippen molar-refractivity contribution in [1.82, 2.24) is 4.90 Å². The highest BCUT2D eigenvalue weighted by molar-refractivity contribution is 5.90. The number of cyclic esters (lactones) is 1. The predicted molar refractivity (Wildman–Crippen MR) is 113 cm³/mol. The van der Waals surface area contributed by atoms with Crippen molar-refractivity contribution in [3.8, 4) is 0 Å². The molecule has 2 fully saturated rings. The number of Topliss-reactive ketones (excluding diaryl/α,β-unsaturated/α-hetero) is 1. The lowest BCUT2D eigenvalue weighted by molar-refractivity contribution is -0.148. The van der Waals surface area contributed by atoms with Crippen molar-refractivity contribution >= 4 is 17.8 Å². The Morgan fingerprint density at radius 2 is 1.60 bits per heavy atom. The van der Waals surface area contributed by atoms with Crippen molar-refractivity contribution in [1.29, 1.82) is 0 Å². The van der Waals surface area contributed by atoms with Crippen molar-refractivity contribution in [3.63, 3.8) is 0 Å². The maximum Gasteiger partial charge on any atom is 0.410 e. The van der Waals surface area contributed by atoms with E-state index in [1.165, 1.54) is 0 Å². The van der Waals surface area contributed by atoms with Crippen LogP contribution >= 0.6 is 0 Å². The van der Waals surface area contributed by atoms with Crippen LogP contribution in [0.1, 0.15) is 79.6 Å². The van der Waals surface area contributed by atoms with Crippen LogP contribution in [0.25, 0.3) is 0 Å². The topological polar surface area (TPSA) is 82.1 Å². The van der Waals surface area contributed by atoms with Crippen molar-refractivity contribution < 1.29 is 28.6 Å². The summed E-state index contributed by atoms with van der Waals surface area (Å²) in [5.74, 6) is -0.591. The lowest BCUT2D eigenvalue weighted by Crippen LogP contribution is -2.52. The SMILES string of the molecule is C[C@@H]1CN(C(=O)O[C@@]2(C)CCCCC[C@@H](C)C(=O)OCCC[C@@H](C)C2=O)C[C@H](C)O1. The summed E-state index contributed by atoms with van der Waals surface area (Å²) >= 11 is 0. The summed E-state index contributed by atoms with van der Waals surface area (Å²) in [6, 6.07) is 0. The molecule has 0 unspecified atom stereocenters. The molecular formula is C23H39NO6. The van der Waals surface area contributed by atoms with Gasteiger partial charge in [0.1, 0.15) is 0 Å². The molecule has 2 saturated heterocycles. The Bertz CT molecular complexity index is 599. The standard InChI is InChI=1S/C23H39NO6/c1-16-11-9-13-28-21(26)17(2)10-7-6-8-12-23(5,20(16)25)30-22(27)24-14-18(3)29-19(4)15-24/h16-19H,6-15H2,1-5H3/t16-,17-,18-,19+,23+/m1/s1. The highest BCUT2D eigenvalue weighted by atomic mass is 16.6. The molecule has 7 heteroatoms. The largest absolute Gasteiger partial charge is 0.465 e. The van der Waals surface area contributed by atoms with E-state index in [9.17, 15) is 14.4 Å². The Labute approximate surface area is 180 Å². The molecule has 5 atom stereocenters. The zero-order valence-corrected chi connectivity index (χ0v) is 19.3. The van der Waals surface area contributed by atoms with Crippen molar-refractivity contribution in [2.75, 3.05) is 19.7 Å². The summed E-state index contributed by atoms with van der Waals surface area (Å²) in [5.41, 5.74) is -1.15. The van der Waals surface area contributed by atoms with Crippen LogP contribution in [-0.4, -0.2) is 60.3 Å². The van der Waals surface area contributed by atoms with Gasteiger partial charge < -0.3 is 19.1 Å². The summed E-state index contributed by atoms with van der Waals surface area (Å²) in [5, 5.41) is 0. The van der Waals surface area contributed by atoms with Gasteiger partial charge in [0.15, 0.2) is 11.4 Å². The van der Waals surface area contributed by atoms with E-state index >= 15 is 0 Å².